The Labute approximate surface area is 55.1 Å². The predicted molar refractivity (Wildman–Crippen MR) is 20.0 cm³/mol. The molecule has 8 heteroatoms. The Balaban J connectivity index is 3.21. The van der Waals surface area contributed by atoms with E-state index < -0.39 is 21.4 Å². The third-order valence-corrected chi connectivity index (χ3v) is 0.563. The van der Waals surface area contributed by atoms with Crippen molar-refractivity contribution >= 4 is 8.60 Å². The van der Waals surface area contributed by atoms with Crippen LogP contribution in [0.1, 0.15) is 0 Å². The maximum Gasteiger partial charge on any atom is 0.414 e. The van der Waals surface area contributed by atoms with Crippen LogP contribution in [0.15, 0.2) is 0 Å². The Kier molecular flexibility index (Phi) is 4.07. The Morgan fingerprint density at radius 2 is 1.80 bits per heavy atom. The fourth-order valence-electron chi connectivity index (χ4n) is 0.136. The van der Waals surface area contributed by atoms with Crippen LogP contribution in [0, 0.1) is 0 Å². The molecule has 0 N–H and O–H groups in total. The first-order valence-corrected chi connectivity index (χ1v) is 3.02. The first-order chi connectivity index (χ1) is 4.42. The van der Waals surface area contributed by atoms with Crippen molar-refractivity contribution in [1.82, 2.24) is 0 Å². The molecule has 0 aliphatic heterocycles. The third-order valence-electron chi connectivity index (χ3n) is 0.336. The summed E-state index contributed by atoms with van der Waals surface area (Å²) in [6.45, 7) is -1.74. The predicted octanol–water partition coefficient (Wildman–Crippen LogP) is -0.556. The minimum Gasteiger partial charge on any atom is -0.818 e. The lowest BCUT2D eigenvalue weighted by molar-refractivity contribution is -0.380. The van der Waals surface area contributed by atoms with Gasteiger partial charge < -0.3 is 9.79 Å². The zero-order valence-electron chi connectivity index (χ0n) is 4.42. The monoisotopic (exact) mass is 178 g/mol. The molecule has 0 aromatic rings. The van der Waals surface area contributed by atoms with Crippen LogP contribution < -0.4 is 9.79 Å². The fourth-order valence-corrected chi connectivity index (χ4v) is 0.275. The molecule has 0 aromatic heterocycles. The van der Waals surface area contributed by atoms with E-state index in [1.807, 2.05) is 0 Å². The molecule has 0 spiro atoms. The van der Waals surface area contributed by atoms with Crippen LogP contribution in [0.3, 0.4) is 0 Å². The highest BCUT2D eigenvalue weighted by atomic mass is 31.2. The zero-order valence-corrected chi connectivity index (χ0v) is 5.32. The fraction of sp³-hybridized carbons (Fsp3) is 1.00. The number of hydrogen-bond donors (Lipinski definition) is 0. The topological polar surface area (TPSA) is 64.6 Å². The highest BCUT2D eigenvalue weighted by Gasteiger charge is 2.28. The SMILES string of the molecule is [O-]P([O-])OOCC(F)(F)F. The molecule has 0 atom stereocenters. The largest absolute Gasteiger partial charge is 0.818 e. The molecule has 0 rings (SSSR count). The van der Waals surface area contributed by atoms with Crippen molar-refractivity contribution in [1.29, 1.82) is 0 Å². The van der Waals surface area contributed by atoms with Crippen LogP contribution >= 0.6 is 8.60 Å². The van der Waals surface area contributed by atoms with Gasteiger partial charge in [-0.05, 0) is 0 Å². The van der Waals surface area contributed by atoms with Crippen molar-refractivity contribution in [2.24, 2.45) is 0 Å². The van der Waals surface area contributed by atoms with Crippen molar-refractivity contribution < 1.29 is 32.5 Å². The number of alkyl halides is 3. The molecule has 62 valence electrons. The Bertz CT molecular complexity index is 93.0. The summed E-state index contributed by atoms with van der Waals surface area (Å²) in [5.74, 6) is 0. The lowest BCUT2D eigenvalue weighted by Gasteiger charge is -2.26. The molecule has 0 amide bonds. The van der Waals surface area contributed by atoms with E-state index >= 15 is 0 Å². The average Bonchev–Trinajstić information content (AvgIpc) is 1.59. The van der Waals surface area contributed by atoms with Gasteiger partial charge in [0.25, 0.3) is 0 Å². The van der Waals surface area contributed by atoms with Gasteiger partial charge in [-0.25, -0.2) is 9.56 Å². The van der Waals surface area contributed by atoms with E-state index in [9.17, 15) is 23.0 Å². The quantitative estimate of drug-likeness (QED) is 0.330. The summed E-state index contributed by atoms with van der Waals surface area (Å²) in [4.78, 5) is 22.1. The Morgan fingerprint density at radius 3 is 2.10 bits per heavy atom. The second-order valence-electron chi connectivity index (χ2n) is 1.18. The second-order valence-corrected chi connectivity index (χ2v) is 1.77. The highest BCUT2D eigenvalue weighted by Crippen LogP contribution is 2.19. The van der Waals surface area contributed by atoms with E-state index in [2.05, 4.69) is 9.56 Å². The summed E-state index contributed by atoms with van der Waals surface area (Å²) in [5.41, 5.74) is 0. The standard InChI is InChI=1S/C2H2F3O4P/c3-2(4,5)1-8-9-10(6)7/h1H2/q-2. The number of halogens is 3. The number of rotatable bonds is 3. The smallest absolute Gasteiger partial charge is 0.414 e. The molecule has 0 heterocycles. The molecule has 0 unspecified atom stereocenters. The summed E-state index contributed by atoms with van der Waals surface area (Å²) < 4.78 is 36.5. The molecule has 0 radical (unpaired) electrons. The molecule has 4 nitrogen and oxygen atoms in total. The van der Waals surface area contributed by atoms with Crippen LogP contribution in [-0.2, 0) is 9.56 Å². The van der Waals surface area contributed by atoms with E-state index in [0.717, 1.165) is 0 Å². The van der Waals surface area contributed by atoms with E-state index in [4.69, 9.17) is 0 Å². The maximum atomic E-state index is 11.1. The Hall–Kier alpha value is 0.0600. The van der Waals surface area contributed by atoms with Gasteiger partial charge in [0.1, 0.15) is 0 Å². The average molecular weight is 178 g/mol. The summed E-state index contributed by atoms with van der Waals surface area (Å²) in [7, 11) is -3.38. The summed E-state index contributed by atoms with van der Waals surface area (Å²) >= 11 is 0. The maximum absolute atomic E-state index is 11.1. The molecular formula is C2H2F3O4P-2. The lowest BCUT2D eigenvalue weighted by Crippen LogP contribution is -2.19. The minimum atomic E-state index is -4.58. The van der Waals surface area contributed by atoms with Crippen LogP contribution in [-0.4, -0.2) is 12.8 Å². The van der Waals surface area contributed by atoms with E-state index in [1.54, 1.807) is 0 Å². The van der Waals surface area contributed by atoms with Crippen LogP contribution in [0.4, 0.5) is 13.2 Å². The summed E-state index contributed by atoms with van der Waals surface area (Å²) in [6.07, 6.45) is -4.58. The summed E-state index contributed by atoms with van der Waals surface area (Å²) in [5, 5.41) is 0. The van der Waals surface area contributed by atoms with E-state index in [1.165, 1.54) is 0 Å². The molecule has 10 heavy (non-hydrogen) atoms. The first kappa shape index (κ1) is 10.1. The van der Waals surface area contributed by atoms with Gasteiger partial charge in [0.05, 0.1) is 0 Å². The molecule has 0 fully saturated rings. The first-order valence-electron chi connectivity index (χ1n) is 1.92. The van der Waals surface area contributed by atoms with Gasteiger partial charge in [-0.2, -0.15) is 13.2 Å². The van der Waals surface area contributed by atoms with Crippen molar-refractivity contribution in [3.63, 3.8) is 0 Å². The van der Waals surface area contributed by atoms with Crippen molar-refractivity contribution in [2.75, 3.05) is 6.61 Å². The zero-order chi connectivity index (χ0) is 8.20. The normalized spacial score (nSPS) is 12.6. The molecule has 0 aliphatic rings. The van der Waals surface area contributed by atoms with Gasteiger partial charge in [0, 0.05) is 0 Å². The van der Waals surface area contributed by atoms with E-state index in [-0.39, 0.29) is 0 Å². The van der Waals surface area contributed by atoms with Gasteiger partial charge in [-0.1, -0.05) is 0 Å². The van der Waals surface area contributed by atoms with Crippen LogP contribution in [0.5, 0.6) is 0 Å². The molecular weight excluding hydrogens is 176 g/mol. The molecule has 0 aliphatic carbocycles. The van der Waals surface area contributed by atoms with Crippen molar-refractivity contribution in [3.8, 4) is 0 Å². The minimum absolute atomic E-state index is 1.74. The third kappa shape index (κ3) is 8.06. The van der Waals surface area contributed by atoms with Gasteiger partial charge >= 0.3 is 6.18 Å². The van der Waals surface area contributed by atoms with Crippen molar-refractivity contribution in [2.45, 2.75) is 6.18 Å². The van der Waals surface area contributed by atoms with Crippen LogP contribution in [0.2, 0.25) is 0 Å². The van der Waals surface area contributed by atoms with Crippen LogP contribution in [0.25, 0.3) is 0 Å². The lowest BCUT2D eigenvalue weighted by atomic mass is 10.7. The molecule has 0 saturated carbocycles. The van der Waals surface area contributed by atoms with Gasteiger partial charge in [-0.15, -0.1) is 8.60 Å². The van der Waals surface area contributed by atoms with E-state index in [0.29, 0.717) is 0 Å². The Morgan fingerprint density at radius 1 is 1.30 bits per heavy atom. The molecule has 0 bridgehead atoms. The van der Waals surface area contributed by atoms with Gasteiger partial charge in [-0.3, -0.25) is 0 Å². The second kappa shape index (κ2) is 4.05. The summed E-state index contributed by atoms with van der Waals surface area (Å²) in [6, 6.07) is 0. The van der Waals surface area contributed by atoms with Crippen molar-refractivity contribution in [3.05, 3.63) is 0 Å². The molecule has 0 saturated heterocycles. The highest BCUT2D eigenvalue weighted by molar-refractivity contribution is 7.36. The molecule has 0 aromatic carbocycles. The van der Waals surface area contributed by atoms with Gasteiger partial charge in [0.2, 0.25) is 0 Å². The number of hydrogen-bond acceptors (Lipinski definition) is 4. The van der Waals surface area contributed by atoms with Gasteiger partial charge in [0.15, 0.2) is 6.61 Å².